The van der Waals surface area contributed by atoms with E-state index in [0.29, 0.717) is 5.69 Å². The predicted molar refractivity (Wildman–Crippen MR) is 54.3 cm³/mol. The smallest absolute Gasteiger partial charge is 0.266 e. The van der Waals surface area contributed by atoms with Crippen LogP contribution in [0.2, 0.25) is 0 Å². The molecule has 0 atom stereocenters. The van der Waals surface area contributed by atoms with E-state index in [2.05, 4.69) is 0 Å². The van der Waals surface area contributed by atoms with Crippen LogP contribution in [0.5, 0.6) is 5.75 Å². The van der Waals surface area contributed by atoms with E-state index in [1.165, 1.54) is 11.0 Å². The molecule has 0 aromatic heterocycles. The van der Waals surface area contributed by atoms with Gasteiger partial charge in [-0.1, -0.05) is 6.07 Å². The molecule has 1 aromatic rings. The lowest BCUT2D eigenvalue weighted by molar-refractivity contribution is 0.0257. The summed E-state index contributed by atoms with van der Waals surface area (Å²) in [5, 5.41) is 9.35. The summed E-state index contributed by atoms with van der Waals surface area (Å²) in [5.74, 6) is -2.72. The van der Waals surface area contributed by atoms with Crippen molar-refractivity contribution in [2.45, 2.75) is 12.3 Å². The SMILES string of the molecule is Nc1c(O)cccc1N1CCC(F)(F)C1. The number of nitrogens with two attached hydrogens (primary N) is 1. The Labute approximate surface area is 86.1 Å². The predicted octanol–water partition coefficient (Wildman–Crippen LogP) is 1.82. The highest BCUT2D eigenvalue weighted by Crippen LogP contribution is 2.36. The zero-order chi connectivity index (χ0) is 11.1. The largest absolute Gasteiger partial charge is 0.506 e. The van der Waals surface area contributed by atoms with E-state index in [9.17, 15) is 13.9 Å². The molecule has 15 heavy (non-hydrogen) atoms. The second-order valence-electron chi connectivity index (χ2n) is 3.74. The van der Waals surface area contributed by atoms with Crippen LogP contribution in [0.15, 0.2) is 18.2 Å². The van der Waals surface area contributed by atoms with Crippen LogP contribution in [0.3, 0.4) is 0 Å². The monoisotopic (exact) mass is 214 g/mol. The summed E-state index contributed by atoms with van der Waals surface area (Å²) in [4.78, 5) is 1.50. The van der Waals surface area contributed by atoms with Gasteiger partial charge in [-0.15, -0.1) is 0 Å². The van der Waals surface area contributed by atoms with Crippen LogP contribution in [0, 0.1) is 0 Å². The fourth-order valence-electron chi connectivity index (χ4n) is 1.76. The maximum Gasteiger partial charge on any atom is 0.266 e. The van der Waals surface area contributed by atoms with Crippen molar-refractivity contribution in [2.24, 2.45) is 0 Å². The molecule has 3 N–H and O–H groups in total. The molecule has 0 amide bonds. The normalized spacial score (nSPS) is 19.5. The molecule has 82 valence electrons. The van der Waals surface area contributed by atoms with Gasteiger partial charge in [0.15, 0.2) is 0 Å². The first-order valence-electron chi connectivity index (χ1n) is 4.70. The van der Waals surface area contributed by atoms with Crippen LogP contribution in [0.25, 0.3) is 0 Å². The summed E-state index contributed by atoms with van der Waals surface area (Å²) >= 11 is 0. The third-order valence-electron chi connectivity index (χ3n) is 2.57. The van der Waals surface area contributed by atoms with Crippen molar-refractivity contribution >= 4 is 11.4 Å². The van der Waals surface area contributed by atoms with Crippen molar-refractivity contribution in [3.63, 3.8) is 0 Å². The minimum Gasteiger partial charge on any atom is -0.506 e. The summed E-state index contributed by atoms with van der Waals surface area (Å²) in [6.45, 7) is -0.0681. The number of aromatic hydroxyl groups is 1. The summed E-state index contributed by atoms with van der Waals surface area (Å²) < 4.78 is 25.9. The molecule has 0 spiro atoms. The average Bonchev–Trinajstić information content (AvgIpc) is 2.51. The molecule has 1 saturated heterocycles. The lowest BCUT2D eigenvalue weighted by Crippen LogP contribution is -2.25. The number of anilines is 2. The number of nitrogens with zero attached hydrogens (tertiary/aromatic N) is 1. The summed E-state index contributed by atoms with van der Waals surface area (Å²) in [6, 6.07) is 4.67. The van der Waals surface area contributed by atoms with Gasteiger partial charge in [0.05, 0.1) is 17.9 Å². The minimum atomic E-state index is -2.65. The third kappa shape index (κ3) is 1.82. The number of halogens is 2. The van der Waals surface area contributed by atoms with Crippen molar-refractivity contribution in [1.29, 1.82) is 0 Å². The average molecular weight is 214 g/mol. The van der Waals surface area contributed by atoms with Gasteiger partial charge in [-0.05, 0) is 12.1 Å². The van der Waals surface area contributed by atoms with Gasteiger partial charge in [0, 0.05) is 13.0 Å². The van der Waals surface area contributed by atoms with Gasteiger partial charge in [-0.25, -0.2) is 8.78 Å². The Kier molecular flexibility index (Phi) is 2.17. The van der Waals surface area contributed by atoms with Gasteiger partial charge in [0.1, 0.15) is 5.75 Å². The molecule has 5 heteroatoms. The second kappa shape index (κ2) is 3.25. The molecule has 0 unspecified atom stereocenters. The molecule has 3 nitrogen and oxygen atoms in total. The number of phenolic OH excluding ortho intramolecular Hbond substituents is 1. The first kappa shape index (κ1) is 10.0. The Bertz CT molecular complexity index is 382. The van der Waals surface area contributed by atoms with Crippen molar-refractivity contribution in [3.8, 4) is 5.75 Å². The lowest BCUT2D eigenvalue weighted by atomic mass is 10.2. The van der Waals surface area contributed by atoms with Gasteiger partial charge in [0.25, 0.3) is 5.92 Å². The Morgan fingerprint density at radius 3 is 2.73 bits per heavy atom. The molecule has 2 rings (SSSR count). The Balaban J connectivity index is 2.28. The van der Waals surface area contributed by atoms with E-state index in [-0.39, 0.29) is 30.9 Å². The Hall–Kier alpha value is -1.52. The molecule has 0 bridgehead atoms. The third-order valence-corrected chi connectivity index (χ3v) is 2.57. The highest BCUT2D eigenvalue weighted by atomic mass is 19.3. The van der Waals surface area contributed by atoms with Crippen molar-refractivity contribution in [3.05, 3.63) is 18.2 Å². The minimum absolute atomic E-state index is 0.0669. The summed E-state index contributed by atoms with van der Waals surface area (Å²) in [5.41, 5.74) is 6.26. The van der Waals surface area contributed by atoms with Crippen molar-refractivity contribution in [1.82, 2.24) is 0 Å². The van der Waals surface area contributed by atoms with Crippen molar-refractivity contribution in [2.75, 3.05) is 23.7 Å². The highest BCUT2D eigenvalue weighted by molar-refractivity contribution is 5.74. The van der Waals surface area contributed by atoms with Gasteiger partial charge < -0.3 is 15.7 Å². The van der Waals surface area contributed by atoms with E-state index in [4.69, 9.17) is 5.73 Å². The molecular weight excluding hydrogens is 202 g/mol. The van der Waals surface area contributed by atoms with E-state index < -0.39 is 5.92 Å². The van der Waals surface area contributed by atoms with Gasteiger partial charge in [0.2, 0.25) is 0 Å². The highest BCUT2D eigenvalue weighted by Gasteiger charge is 2.38. The molecule has 0 saturated carbocycles. The van der Waals surface area contributed by atoms with E-state index in [1.807, 2.05) is 0 Å². The number of phenols is 1. The number of hydrogen-bond acceptors (Lipinski definition) is 3. The fourth-order valence-corrected chi connectivity index (χ4v) is 1.76. The fraction of sp³-hybridized carbons (Fsp3) is 0.400. The van der Waals surface area contributed by atoms with Crippen LogP contribution in [-0.2, 0) is 0 Å². The first-order chi connectivity index (χ1) is 6.99. The molecule has 0 radical (unpaired) electrons. The number of nitrogen functional groups attached to an aromatic ring is 1. The summed E-state index contributed by atoms with van der Waals surface area (Å²) in [7, 11) is 0. The zero-order valence-electron chi connectivity index (χ0n) is 8.08. The molecule has 0 aliphatic carbocycles. The van der Waals surface area contributed by atoms with Gasteiger partial charge in [-0.3, -0.25) is 0 Å². The maximum atomic E-state index is 13.0. The molecule has 1 aliphatic heterocycles. The maximum absolute atomic E-state index is 13.0. The van der Waals surface area contributed by atoms with Crippen molar-refractivity contribution < 1.29 is 13.9 Å². The number of rotatable bonds is 1. The summed E-state index contributed by atoms with van der Waals surface area (Å²) in [6.07, 6.45) is -0.165. The van der Waals surface area contributed by atoms with Gasteiger partial charge in [-0.2, -0.15) is 0 Å². The Morgan fingerprint density at radius 2 is 2.13 bits per heavy atom. The van der Waals surface area contributed by atoms with Crippen LogP contribution >= 0.6 is 0 Å². The van der Waals surface area contributed by atoms with E-state index in [0.717, 1.165) is 0 Å². The van der Waals surface area contributed by atoms with Crippen LogP contribution < -0.4 is 10.6 Å². The van der Waals surface area contributed by atoms with Gasteiger partial charge >= 0.3 is 0 Å². The molecule has 1 aromatic carbocycles. The topological polar surface area (TPSA) is 49.5 Å². The second-order valence-corrected chi connectivity index (χ2v) is 3.74. The van der Waals surface area contributed by atoms with Crippen LogP contribution in [0.1, 0.15) is 6.42 Å². The molecule has 1 heterocycles. The van der Waals surface area contributed by atoms with Crippen LogP contribution in [-0.4, -0.2) is 24.1 Å². The number of hydrogen-bond donors (Lipinski definition) is 2. The molecule has 1 aliphatic rings. The lowest BCUT2D eigenvalue weighted by Gasteiger charge is -2.20. The number of alkyl halides is 2. The quantitative estimate of drug-likeness (QED) is 0.553. The Morgan fingerprint density at radius 1 is 1.40 bits per heavy atom. The number of benzene rings is 1. The number of para-hydroxylation sites is 1. The standard InChI is InChI=1S/C10H12F2N2O/c11-10(12)4-5-14(6-10)7-2-1-3-8(15)9(7)13/h1-3,15H,4-6,13H2. The zero-order valence-corrected chi connectivity index (χ0v) is 8.08. The van der Waals surface area contributed by atoms with Crippen LogP contribution in [0.4, 0.5) is 20.2 Å². The molecular formula is C10H12F2N2O. The van der Waals surface area contributed by atoms with E-state index >= 15 is 0 Å². The van der Waals surface area contributed by atoms with E-state index in [1.54, 1.807) is 12.1 Å². The first-order valence-corrected chi connectivity index (χ1v) is 4.70. The molecule has 1 fully saturated rings.